The number of pyridine rings is 1. The van der Waals surface area contributed by atoms with Crippen molar-refractivity contribution in [3.8, 4) is 0 Å². The molecule has 2 heterocycles. The van der Waals surface area contributed by atoms with Crippen LogP contribution in [0.15, 0.2) is 42.6 Å². The van der Waals surface area contributed by atoms with Crippen LogP contribution in [0.3, 0.4) is 0 Å². The maximum Gasteiger partial charge on any atom is 0.303 e. The predicted molar refractivity (Wildman–Crippen MR) is 112 cm³/mol. The van der Waals surface area contributed by atoms with Crippen molar-refractivity contribution >= 4 is 40.7 Å². The number of amides is 1. The molecule has 0 spiro atoms. The first-order valence-electron chi connectivity index (χ1n) is 9.06. The maximum absolute atomic E-state index is 12.4. The number of nitrogens with zero attached hydrogens (tertiary/aromatic N) is 3. The van der Waals surface area contributed by atoms with Gasteiger partial charge in [-0.05, 0) is 36.8 Å². The summed E-state index contributed by atoms with van der Waals surface area (Å²) in [7, 11) is 2.05. The van der Waals surface area contributed by atoms with E-state index in [0.717, 1.165) is 17.8 Å². The smallest absolute Gasteiger partial charge is 0.303 e. The molecule has 150 valence electrons. The Morgan fingerprint density at radius 1 is 1.21 bits per heavy atom. The maximum atomic E-state index is 12.4. The molecular weight excluding hydrogens is 380 g/mol. The van der Waals surface area contributed by atoms with E-state index in [0.29, 0.717) is 17.4 Å². The highest BCUT2D eigenvalue weighted by Crippen LogP contribution is 2.40. The van der Waals surface area contributed by atoms with Gasteiger partial charge in [-0.25, -0.2) is 4.98 Å². The van der Waals surface area contributed by atoms with Gasteiger partial charge in [0.05, 0.1) is 17.4 Å². The van der Waals surface area contributed by atoms with E-state index in [1.165, 1.54) is 0 Å². The largest absolute Gasteiger partial charge is 0.481 e. The van der Waals surface area contributed by atoms with Crippen molar-refractivity contribution in [3.63, 3.8) is 0 Å². The van der Waals surface area contributed by atoms with Crippen LogP contribution in [-0.2, 0) is 4.79 Å². The van der Waals surface area contributed by atoms with Gasteiger partial charge in [0.2, 0.25) is 0 Å². The lowest BCUT2D eigenvalue weighted by Gasteiger charge is -2.28. The molecule has 0 aliphatic carbocycles. The first-order valence-corrected chi connectivity index (χ1v) is 9.60. The van der Waals surface area contributed by atoms with Gasteiger partial charge in [0.25, 0.3) is 5.91 Å². The van der Waals surface area contributed by atoms with Crippen molar-refractivity contribution in [2.45, 2.75) is 32.9 Å². The van der Waals surface area contributed by atoms with Crippen LogP contribution in [0.1, 0.15) is 37.0 Å². The van der Waals surface area contributed by atoms with E-state index in [1.54, 1.807) is 19.2 Å². The Labute approximate surface area is 169 Å². The zero-order valence-electron chi connectivity index (χ0n) is 16.2. The number of carboxylic acid groups (broad SMARTS) is 1. The molecule has 0 radical (unpaired) electrons. The Kier molecular flexibility index (Phi) is 7.63. The summed E-state index contributed by atoms with van der Waals surface area (Å²) in [5.74, 6) is -0.385. The van der Waals surface area contributed by atoms with Crippen LogP contribution in [0, 0.1) is 0 Å². The number of carbonyl (C=O) groups is 2. The minimum atomic E-state index is -0.745. The number of aromatic nitrogens is 1. The number of anilines is 3. The molecule has 2 aromatic rings. The first kappa shape index (κ1) is 21.5. The van der Waals surface area contributed by atoms with E-state index in [9.17, 15) is 9.59 Å². The average molecular weight is 405 g/mol. The number of carboxylic acids is 1. The zero-order chi connectivity index (χ0) is 20.7. The van der Waals surface area contributed by atoms with Crippen LogP contribution in [0.25, 0.3) is 0 Å². The number of alkyl halides is 1. The third-order valence-corrected chi connectivity index (χ3v) is 4.69. The van der Waals surface area contributed by atoms with Crippen molar-refractivity contribution < 1.29 is 14.7 Å². The van der Waals surface area contributed by atoms with Crippen LogP contribution >= 0.6 is 11.6 Å². The lowest BCUT2D eigenvalue weighted by molar-refractivity contribution is -0.136. The second kappa shape index (κ2) is 9.94. The number of fused-ring (bicyclic) bond motifs is 1. The molecule has 0 saturated carbocycles. The topological polar surface area (TPSA) is 85.8 Å². The lowest BCUT2D eigenvalue weighted by atomic mass is 10.1. The monoisotopic (exact) mass is 404 g/mol. The van der Waals surface area contributed by atoms with Crippen molar-refractivity contribution in [1.82, 2.24) is 4.98 Å². The number of hydrogen-bond donors (Lipinski definition) is 2. The number of aliphatic carboxylic acids is 1. The van der Waals surface area contributed by atoms with Crippen LogP contribution in [-0.4, -0.2) is 41.2 Å². The predicted octanol–water partition coefficient (Wildman–Crippen LogP) is 4.00. The van der Waals surface area contributed by atoms with Crippen molar-refractivity contribution in [2.24, 2.45) is 0 Å². The molecule has 0 fully saturated rings. The molecule has 1 amide bonds. The van der Waals surface area contributed by atoms with Crippen molar-refractivity contribution in [3.05, 3.63) is 48.2 Å². The quantitative estimate of drug-likeness (QED) is 0.578. The molecule has 0 bridgehead atoms. The van der Waals surface area contributed by atoms with Gasteiger partial charge < -0.3 is 20.2 Å². The van der Waals surface area contributed by atoms with Gasteiger partial charge >= 0.3 is 5.97 Å². The number of hydrogen-bond acceptors (Lipinski definition) is 5. The van der Waals surface area contributed by atoms with E-state index in [-0.39, 0.29) is 18.5 Å². The highest BCUT2D eigenvalue weighted by molar-refractivity contribution is 6.19. The summed E-state index contributed by atoms with van der Waals surface area (Å²) in [6.45, 7) is 3.73. The molecule has 1 unspecified atom stereocenters. The molecule has 2 N–H and O–H groups in total. The summed E-state index contributed by atoms with van der Waals surface area (Å²) in [5, 5.41) is 10.5. The third-order valence-electron chi connectivity index (χ3n) is 4.44. The third kappa shape index (κ3) is 4.92. The fraction of sp³-hybridized carbons (Fsp3) is 0.350. The molecule has 1 atom stereocenters. The summed E-state index contributed by atoms with van der Waals surface area (Å²) in [6, 6.07) is 11.5. The summed E-state index contributed by atoms with van der Waals surface area (Å²) in [5.41, 5.74) is 2.67. The minimum Gasteiger partial charge on any atom is -0.481 e. The summed E-state index contributed by atoms with van der Waals surface area (Å²) < 4.78 is 0. The zero-order valence-corrected chi connectivity index (χ0v) is 17.0. The summed E-state index contributed by atoms with van der Waals surface area (Å²) in [6.07, 6.45) is 3.04. The normalized spacial score (nSPS) is 14.8. The molecule has 1 aromatic carbocycles. The molecule has 7 nitrogen and oxygen atoms in total. The van der Waals surface area contributed by atoms with Gasteiger partial charge in [-0.2, -0.15) is 0 Å². The number of benzene rings is 1. The van der Waals surface area contributed by atoms with Crippen LogP contribution in [0.2, 0.25) is 0 Å². The second-order valence-corrected chi connectivity index (χ2v) is 6.45. The Bertz CT molecular complexity index is 816. The Hall–Kier alpha value is -2.80. The van der Waals surface area contributed by atoms with Crippen LogP contribution in [0.5, 0.6) is 0 Å². The molecule has 8 heteroatoms. The van der Waals surface area contributed by atoms with Crippen LogP contribution < -0.4 is 15.1 Å². The van der Waals surface area contributed by atoms with Crippen LogP contribution in [0.4, 0.5) is 17.2 Å². The molecule has 3 rings (SSSR count). The van der Waals surface area contributed by atoms with Gasteiger partial charge in [0.15, 0.2) is 0 Å². The average Bonchev–Trinajstić information content (AvgIpc) is 2.99. The fourth-order valence-corrected chi connectivity index (χ4v) is 3.27. The Morgan fingerprint density at radius 3 is 2.46 bits per heavy atom. The SMILES string of the molecule is CCC(=O)O.CCC1N(C)c2ccc(C(=O)Nc3ccccn3)cc2N1CCl. The first-order chi connectivity index (χ1) is 13.4. The Balaban J connectivity index is 0.000000500. The van der Waals surface area contributed by atoms with Gasteiger partial charge in [-0.15, -0.1) is 11.6 Å². The minimum absolute atomic E-state index is 0.177. The van der Waals surface area contributed by atoms with Gasteiger partial charge in [0.1, 0.15) is 12.0 Å². The van der Waals surface area contributed by atoms with E-state index in [2.05, 4.69) is 27.0 Å². The molecule has 1 aliphatic rings. The molecule has 28 heavy (non-hydrogen) atoms. The number of carbonyl (C=O) groups excluding carboxylic acids is 1. The summed E-state index contributed by atoms with van der Waals surface area (Å²) >= 11 is 6.12. The highest BCUT2D eigenvalue weighted by atomic mass is 35.5. The lowest BCUT2D eigenvalue weighted by Crippen LogP contribution is -2.40. The number of nitrogens with one attached hydrogen (secondary N) is 1. The van der Waals surface area contributed by atoms with E-state index in [4.69, 9.17) is 16.7 Å². The molecular formula is C20H25ClN4O3. The molecule has 0 saturated heterocycles. The number of rotatable bonds is 5. The summed E-state index contributed by atoms with van der Waals surface area (Å²) in [4.78, 5) is 30.2. The van der Waals surface area contributed by atoms with E-state index < -0.39 is 5.97 Å². The van der Waals surface area contributed by atoms with Gasteiger partial charge in [-0.3, -0.25) is 9.59 Å². The van der Waals surface area contributed by atoms with E-state index in [1.807, 2.05) is 37.4 Å². The standard InChI is InChI=1S/C17H19ClN4O.C3H6O2/c1-3-16-21(2)13-8-7-12(10-14(13)22(16)11-18)17(23)20-15-6-4-5-9-19-15;1-2-3(4)5/h4-10,16H,3,11H2,1-2H3,(H,19,20,23);2H2,1H3,(H,4,5). The molecule has 1 aromatic heterocycles. The Morgan fingerprint density at radius 2 is 1.93 bits per heavy atom. The van der Waals surface area contributed by atoms with E-state index >= 15 is 0 Å². The van der Waals surface area contributed by atoms with Crippen molar-refractivity contribution in [1.29, 1.82) is 0 Å². The second-order valence-electron chi connectivity index (χ2n) is 6.21. The highest BCUT2D eigenvalue weighted by Gasteiger charge is 2.32. The number of halogens is 1. The van der Waals surface area contributed by atoms with Crippen molar-refractivity contribution in [2.75, 3.05) is 28.2 Å². The van der Waals surface area contributed by atoms with Gasteiger partial charge in [0, 0.05) is 25.2 Å². The molecule has 1 aliphatic heterocycles. The fourth-order valence-electron chi connectivity index (χ4n) is 2.99. The van der Waals surface area contributed by atoms with Gasteiger partial charge in [-0.1, -0.05) is 19.9 Å².